The van der Waals surface area contributed by atoms with Crippen LogP contribution in [0, 0.1) is 6.92 Å². The van der Waals surface area contributed by atoms with Crippen molar-refractivity contribution >= 4 is 5.91 Å². The molecule has 1 aromatic heterocycles. The van der Waals surface area contributed by atoms with E-state index >= 15 is 0 Å². The van der Waals surface area contributed by atoms with Crippen molar-refractivity contribution in [2.75, 3.05) is 13.2 Å². The molecule has 0 aliphatic heterocycles. The molecule has 0 aromatic carbocycles. The molecule has 0 atom stereocenters. The van der Waals surface area contributed by atoms with E-state index in [4.69, 9.17) is 9.52 Å². The molecule has 0 fully saturated rings. The molecule has 0 saturated carbocycles. The zero-order chi connectivity index (χ0) is 11.1. The average Bonchev–Trinajstić information content (AvgIpc) is 2.61. The summed E-state index contributed by atoms with van der Waals surface area (Å²) < 4.78 is 5.36. The number of aryl methyl sites for hydroxylation is 1. The van der Waals surface area contributed by atoms with Crippen molar-refractivity contribution < 1.29 is 14.3 Å². The molecule has 4 heteroatoms. The van der Waals surface area contributed by atoms with E-state index in [-0.39, 0.29) is 12.5 Å². The third-order valence-electron chi connectivity index (χ3n) is 2.05. The van der Waals surface area contributed by atoms with Crippen molar-refractivity contribution in [3.05, 3.63) is 23.7 Å². The Bertz CT molecular complexity index is 307. The van der Waals surface area contributed by atoms with Gasteiger partial charge in [-0.1, -0.05) is 0 Å². The first-order chi connectivity index (χ1) is 7.22. The van der Waals surface area contributed by atoms with Crippen molar-refractivity contribution in [3.8, 4) is 0 Å². The van der Waals surface area contributed by atoms with Gasteiger partial charge in [-0.2, -0.15) is 0 Å². The third-order valence-corrected chi connectivity index (χ3v) is 2.05. The molecule has 1 amide bonds. The highest BCUT2D eigenvalue weighted by molar-refractivity contribution is 5.75. The number of aliphatic hydroxyl groups excluding tert-OH is 1. The second-order valence-corrected chi connectivity index (χ2v) is 3.44. The predicted octanol–water partition coefficient (Wildman–Crippen LogP) is 1.02. The van der Waals surface area contributed by atoms with Crippen molar-refractivity contribution in [2.24, 2.45) is 0 Å². The van der Waals surface area contributed by atoms with E-state index in [0.29, 0.717) is 25.8 Å². The topological polar surface area (TPSA) is 62.5 Å². The number of carbonyl (C=O) groups excluding carboxylic acids is 1. The lowest BCUT2D eigenvalue weighted by Crippen LogP contribution is -2.25. The molecule has 0 saturated heterocycles. The molecule has 0 bridgehead atoms. The standard InChI is InChI=1S/C11H17NO3/c1-9-4-5-10(15-9)6-7-12-11(14)3-2-8-13/h4-5,13H,2-3,6-8H2,1H3,(H,12,14). The Kier molecular flexibility index (Phi) is 4.90. The summed E-state index contributed by atoms with van der Waals surface area (Å²) in [5.41, 5.74) is 0. The van der Waals surface area contributed by atoms with E-state index < -0.39 is 0 Å². The fourth-order valence-corrected chi connectivity index (χ4v) is 1.27. The highest BCUT2D eigenvalue weighted by atomic mass is 16.3. The highest BCUT2D eigenvalue weighted by Gasteiger charge is 2.01. The van der Waals surface area contributed by atoms with Crippen LogP contribution >= 0.6 is 0 Å². The molecule has 84 valence electrons. The molecule has 0 radical (unpaired) electrons. The first-order valence-electron chi connectivity index (χ1n) is 5.15. The minimum absolute atomic E-state index is 0.0210. The van der Waals surface area contributed by atoms with Gasteiger partial charge < -0.3 is 14.8 Å². The molecule has 0 aliphatic rings. The molecular weight excluding hydrogens is 194 g/mol. The van der Waals surface area contributed by atoms with Crippen LogP contribution < -0.4 is 5.32 Å². The Morgan fingerprint density at radius 1 is 1.53 bits per heavy atom. The Morgan fingerprint density at radius 3 is 2.93 bits per heavy atom. The van der Waals surface area contributed by atoms with E-state index in [1.165, 1.54) is 0 Å². The Balaban J connectivity index is 2.13. The van der Waals surface area contributed by atoms with Crippen LogP contribution in [-0.4, -0.2) is 24.2 Å². The lowest BCUT2D eigenvalue weighted by atomic mass is 10.3. The maximum atomic E-state index is 11.1. The molecule has 15 heavy (non-hydrogen) atoms. The number of rotatable bonds is 6. The molecule has 0 spiro atoms. The van der Waals surface area contributed by atoms with Crippen LogP contribution in [0.5, 0.6) is 0 Å². The predicted molar refractivity (Wildman–Crippen MR) is 56.5 cm³/mol. The number of hydrogen-bond donors (Lipinski definition) is 2. The summed E-state index contributed by atoms with van der Waals surface area (Å²) in [6, 6.07) is 3.82. The van der Waals surface area contributed by atoms with Crippen molar-refractivity contribution in [1.29, 1.82) is 0 Å². The van der Waals surface area contributed by atoms with Gasteiger partial charge in [0.25, 0.3) is 0 Å². The van der Waals surface area contributed by atoms with E-state index in [1.54, 1.807) is 0 Å². The minimum atomic E-state index is -0.0210. The number of carbonyl (C=O) groups is 1. The normalized spacial score (nSPS) is 10.3. The Labute approximate surface area is 89.3 Å². The SMILES string of the molecule is Cc1ccc(CCNC(=O)CCCO)o1. The number of aliphatic hydroxyl groups is 1. The second kappa shape index (κ2) is 6.24. The van der Waals surface area contributed by atoms with Crippen molar-refractivity contribution in [2.45, 2.75) is 26.2 Å². The fraction of sp³-hybridized carbons (Fsp3) is 0.545. The number of amides is 1. The number of nitrogens with one attached hydrogen (secondary N) is 1. The summed E-state index contributed by atoms with van der Waals surface area (Å²) >= 11 is 0. The van der Waals surface area contributed by atoms with Gasteiger partial charge in [-0.3, -0.25) is 4.79 Å². The van der Waals surface area contributed by atoms with Gasteiger partial charge in [0, 0.05) is 26.0 Å². The van der Waals surface area contributed by atoms with Gasteiger partial charge in [0.1, 0.15) is 11.5 Å². The van der Waals surface area contributed by atoms with Gasteiger partial charge in [-0.05, 0) is 25.5 Å². The molecule has 4 nitrogen and oxygen atoms in total. The molecule has 1 aromatic rings. The van der Waals surface area contributed by atoms with Gasteiger partial charge >= 0.3 is 0 Å². The van der Waals surface area contributed by atoms with Crippen LogP contribution in [0.2, 0.25) is 0 Å². The quantitative estimate of drug-likeness (QED) is 0.738. The van der Waals surface area contributed by atoms with E-state index in [2.05, 4.69) is 5.32 Å². The first-order valence-corrected chi connectivity index (χ1v) is 5.15. The molecule has 2 N–H and O–H groups in total. The van der Waals surface area contributed by atoms with Crippen molar-refractivity contribution in [1.82, 2.24) is 5.32 Å². The summed E-state index contributed by atoms with van der Waals surface area (Å²) in [4.78, 5) is 11.1. The molecular formula is C11H17NO3. The maximum absolute atomic E-state index is 11.1. The fourth-order valence-electron chi connectivity index (χ4n) is 1.27. The second-order valence-electron chi connectivity index (χ2n) is 3.44. The molecule has 1 rings (SSSR count). The zero-order valence-electron chi connectivity index (χ0n) is 8.95. The third kappa shape index (κ3) is 4.65. The monoisotopic (exact) mass is 211 g/mol. The largest absolute Gasteiger partial charge is 0.466 e. The van der Waals surface area contributed by atoms with Gasteiger partial charge in [0.2, 0.25) is 5.91 Å². The molecule has 0 aliphatic carbocycles. The lowest BCUT2D eigenvalue weighted by molar-refractivity contribution is -0.121. The van der Waals surface area contributed by atoms with Gasteiger partial charge in [0.05, 0.1) is 0 Å². The number of furan rings is 1. The first kappa shape index (κ1) is 11.8. The van der Waals surface area contributed by atoms with E-state index in [0.717, 1.165) is 11.5 Å². The van der Waals surface area contributed by atoms with Crippen LogP contribution in [0.4, 0.5) is 0 Å². The van der Waals surface area contributed by atoms with Crippen LogP contribution in [0.3, 0.4) is 0 Å². The van der Waals surface area contributed by atoms with Crippen LogP contribution in [-0.2, 0) is 11.2 Å². The summed E-state index contributed by atoms with van der Waals surface area (Å²) in [5, 5.41) is 11.3. The molecule has 0 unspecified atom stereocenters. The van der Waals surface area contributed by atoms with Gasteiger partial charge in [0.15, 0.2) is 0 Å². The average molecular weight is 211 g/mol. The van der Waals surface area contributed by atoms with Crippen molar-refractivity contribution in [3.63, 3.8) is 0 Å². The summed E-state index contributed by atoms with van der Waals surface area (Å²) in [6.45, 7) is 2.53. The lowest BCUT2D eigenvalue weighted by Gasteiger charge is -2.02. The van der Waals surface area contributed by atoms with Gasteiger partial charge in [-0.15, -0.1) is 0 Å². The van der Waals surface area contributed by atoms with E-state index in [1.807, 2.05) is 19.1 Å². The van der Waals surface area contributed by atoms with Crippen LogP contribution in [0.1, 0.15) is 24.4 Å². The highest BCUT2D eigenvalue weighted by Crippen LogP contribution is 2.05. The smallest absolute Gasteiger partial charge is 0.220 e. The summed E-state index contributed by atoms with van der Waals surface area (Å²) in [5.74, 6) is 1.75. The minimum Gasteiger partial charge on any atom is -0.466 e. The van der Waals surface area contributed by atoms with E-state index in [9.17, 15) is 4.79 Å². The Hall–Kier alpha value is -1.29. The Morgan fingerprint density at radius 2 is 2.33 bits per heavy atom. The number of hydrogen-bond acceptors (Lipinski definition) is 3. The maximum Gasteiger partial charge on any atom is 0.220 e. The van der Waals surface area contributed by atoms with Crippen LogP contribution in [0.25, 0.3) is 0 Å². The van der Waals surface area contributed by atoms with Gasteiger partial charge in [-0.25, -0.2) is 0 Å². The molecule has 1 heterocycles. The zero-order valence-corrected chi connectivity index (χ0v) is 8.95. The summed E-state index contributed by atoms with van der Waals surface area (Å²) in [6.07, 6.45) is 1.61. The van der Waals surface area contributed by atoms with Crippen LogP contribution in [0.15, 0.2) is 16.5 Å². The summed E-state index contributed by atoms with van der Waals surface area (Å²) in [7, 11) is 0.